The van der Waals surface area contributed by atoms with Gasteiger partial charge in [0.15, 0.2) is 0 Å². The lowest BCUT2D eigenvalue weighted by molar-refractivity contribution is 0.299. The monoisotopic (exact) mass is 225 g/mol. The minimum absolute atomic E-state index is 0.134. The van der Waals surface area contributed by atoms with Gasteiger partial charge in [-0.25, -0.2) is 4.98 Å². The van der Waals surface area contributed by atoms with E-state index in [9.17, 15) is 0 Å². The first-order valence-corrected chi connectivity index (χ1v) is 6.52. The maximum atomic E-state index is 5.64. The normalized spacial score (nSPS) is 16.7. The van der Waals surface area contributed by atoms with Crippen LogP contribution in [0.2, 0.25) is 0 Å². The molecular weight excluding hydrogens is 206 g/mol. The predicted octanol–water partition coefficient (Wildman–Crippen LogP) is 3.62. The fraction of sp³-hybridized carbons (Fsp3) is 0.750. The van der Waals surface area contributed by atoms with Crippen molar-refractivity contribution in [3.05, 3.63) is 11.1 Å². The van der Waals surface area contributed by atoms with Gasteiger partial charge in [-0.2, -0.15) is 0 Å². The molecule has 1 aliphatic carbocycles. The van der Waals surface area contributed by atoms with Crippen molar-refractivity contribution in [2.45, 2.75) is 45.4 Å². The molecule has 1 aromatic rings. The van der Waals surface area contributed by atoms with E-state index in [0.717, 1.165) is 23.4 Å². The van der Waals surface area contributed by atoms with Gasteiger partial charge in [-0.05, 0) is 12.3 Å². The van der Waals surface area contributed by atoms with Crippen molar-refractivity contribution in [1.82, 2.24) is 4.98 Å². The molecule has 1 aliphatic rings. The summed E-state index contributed by atoms with van der Waals surface area (Å²) in [7, 11) is 0. The summed E-state index contributed by atoms with van der Waals surface area (Å²) >= 11 is 1.62. The van der Waals surface area contributed by atoms with Gasteiger partial charge in [0.25, 0.3) is 5.19 Å². The third kappa shape index (κ3) is 3.20. The summed E-state index contributed by atoms with van der Waals surface area (Å²) in [5.41, 5.74) is 1.27. The number of nitrogens with zero attached hydrogens (tertiary/aromatic N) is 1. The van der Waals surface area contributed by atoms with Gasteiger partial charge >= 0.3 is 0 Å². The minimum atomic E-state index is 0.134. The zero-order chi connectivity index (χ0) is 10.9. The van der Waals surface area contributed by atoms with Gasteiger partial charge in [-0.3, -0.25) is 0 Å². The van der Waals surface area contributed by atoms with Crippen molar-refractivity contribution < 1.29 is 4.74 Å². The largest absolute Gasteiger partial charge is 0.470 e. The smallest absolute Gasteiger partial charge is 0.273 e. The zero-order valence-electron chi connectivity index (χ0n) is 9.75. The van der Waals surface area contributed by atoms with Crippen molar-refractivity contribution in [1.29, 1.82) is 0 Å². The summed E-state index contributed by atoms with van der Waals surface area (Å²) < 4.78 is 5.64. The molecule has 84 valence electrons. The second kappa shape index (κ2) is 4.12. The summed E-state index contributed by atoms with van der Waals surface area (Å²) in [5.74, 6) is 0.937. The second-order valence-corrected chi connectivity index (χ2v) is 6.15. The van der Waals surface area contributed by atoms with Gasteiger partial charge in [0.2, 0.25) is 0 Å². The van der Waals surface area contributed by atoms with Crippen LogP contribution in [0, 0.1) is 5.92 Å². The molecular formula is C12H19NOS. The fourth-order valence-corrected chi connectivity index (χ4v) is 2.31. The lowest BCUT2D eigenvalue weighted by Gasteiger charge is -2.13. The molecule has 2 nitrogen and oxygen atoms in total. The molecule has 0 aliphatic heterocycles. The van der Waals surface area contributed by atoms with Crippen molar-refractivity contribution in [3.8, 4) is 5.19 Å². The molecule has 0 N–H and O–H groups in total. The van der Waals surface area contributed by atoms with Crippen LogP contribution in [0.1, 0.15) is 45.7 Å². The van der Waals surface area contributed by atoms with Gasteiger partial charge in [0.05, 0.1) is 12.3 Å². The molecule has 1 fully saturated rings. The van der Waals surface area contributed by atoms with E-state index >= 15 is 0 Å². The highest BCUT2D eigenvalue weighted by atomic mass is 32.1. The van der Waals surface area contributed by atoms with E-state index in [-0.39, 0.29) is 5.41 Å². The van der Waals surface area contributed by atoms with Crippen LogP contribution in [-0.2, 0) is 5.41 Å². The van der Waals surface area contributed by atoms with Crippen molar-refractivity contribution in [2.24, 2.45) is 5.92 Å². The number of aromatic nitrogens is 1. The standard InChI is InChI=1S/C12H19NOS/c1-12(2,3)10-8-15-11(13-10)14-7-6-9-4-5-9/h8-9H,4-7H2,1-3H3. The molecule has 0 bridgehead atoms. The minimum Gasteiger partial charge on any atom is -0.470 e. The molecule has 0 saturated heterocycles. The topological polar surface area (TPSA) is 22.1 Å². The van der Waals surface area contributed by atoms with Crippen LogP contribution in [0.4, 0.5) is 0 Å². The Kier molecular flexibility index (Phi) is 3.01. The number of hydrogen-bond donors (Lipinski definition) is 0. The molecule has 15 heavy (non-hydrogen) atoms. The number of rotatable bonds is 4. The van der Waals surface area contributed by atoms with Gasteiger partial charge in [-0.1, -0.05) is 44.9 Å². The number of ether oxygens (including phenoxy) is 1. The Morgan fingerprint density at radius 3 is 2.73 bits per heavy atom. The highest BCUT2D eigenvalue weighted by Gasteiger charge is 2.21. The van der Waals surface area contributed by atoms with E-state index in [4.69, 9.17) is 4.74 Å². The lowest BCUT2D eigenvalue weighted by atomic mass is 9.93. The third-order valence-electron chi connectivity index (χ3n) is 2.70. The first-order valence-electron chi connectivity index (χ1n) is 5.64. The fourth-order valence-electron chi connectivity index (χ4n) is 1.39. The van der Waals surface area contributed by atoms with Gasteiger partial charge in [-0.15, -0.1) is 0 Å². The molecule has 0 aromatic carbocycles. The molecule has 1 heterocycles. The maximum Gasteiger partial charge on any atom is 0.273 e. The van der Waals surface area contributed by atoms with Crippen LogP contribution in [-0.4, -0.2) is 11.6 Å². The molecule has 1 aromatic heterocycles. The summed E-state index contributed by atoms with van der Waals surface area (Å²) in [5, 5.41) is 2.94. The Morgan fingerprint density at radius 1 is 1.47 bits per heavy atom. The van der Waals surface area contributed by atoms with E-state index in [1.54, 1.807) is 11.3 Å². The molecule has 0 radical (unpaired) electrons. The summed E-state index contributed by atoms with van der Waals surface area (Å²) in [6.45, 7) is 7.36. The van der Waals surface area contributed by atoms with Crippen molar-refractivity contribution >= 4 is 11.3 Å². The van der Waals surface area contributed by atoms with E-state index in [1.165, 1.54) is 19.3 Å². The SMILES string of the molecule is CC(C)(C)c1csc(OCCC2CC2)n1. The molecule has 0 unspecified atom stereocenters. The van der Waals surface area contributed by atoms with Crippen molar-refractivity contribution in [3.63, 3.8) is 0 Å². The lowest BCUT2D eigenvalue weighted by Crippen LogP contribution is -2.11. The van der Waals surface area contributed by atoms with Crippen LogP contribution in [0.25, 0.3) is 0 Å². The second-order valence-electron chi connectivity index (χ2n) is 5.33. The Morgan fingerprint density at radius 2 is 2.20 bits per heavy atom. The maximum absolute atomic E-state index is 5.64. The van der Waals surface area contributed by atoms with Crippen LogP contribution in [0.3, 0.4) is 0 Å². The molecule has 0 atom stereocenters. The van der Waals surface area contributed by atoms with Crippen LogP contribution in [0.15, 0.2) is 5.38 Å². The highest BCUT2D eigenvalue weighted by molar-refractivity contribution is 7.11. The highest BCUT2D eigenvalue weighted by Crippen LogP contribution is 2.33. The van der Waals surface area contributed by atoms with Crippen LogP contribution in [0.5, 0.6) is 5.19 Å². The van der Waals surface area contributed by atoms with Crippen LogP contribution < -0.4 is 4.74 Å². The summed E-state index contributed by atoms with van der Waals surface area (Å²) in [6.07, 6.45) is 3.99. The predicted molar refractivity (Wildman–Crippen MR) is 63.7 cm³/mol. The van der Waals surface area contributed by atoms with E-state index in [1.807, 2.05) is 0 Å². The van der Waals surface area contributed by atoms with E-state index in [2.05, 4.69) is 31.1 Å². The quantitative estimate of drug-likeness (QED) is 0.780. The molecule has 3 heteroatoms. The van der Waals surface area contributed by atoms with Gasteiger partial charge in [0, 0.05) is 10.8 Å². The van der Waals surface area contributed by atoms with Crippen molar-refractivity contribution in [2.75, 3.05) is 6.61 Å². The molecule has 0 spiro atoms. The molecule has 2 rings (SSSR count). The first kappa shape index (κ1) is 10.9. The van der Waals surface area contributed by atoms with Gasteiger partial charge < -0.3 is 4.74 Å². The van der Waals surface area contributed by atoms with Crippen LogP contribution >= 0.6 is 11.3 Å². The van der Waals surface area contributed by atoms with Gasteiger partial charge in [0.1, 0.15) is 0 Å². The Balaban J connectivity index is 1.83. The zero-order valence-corrected chi connectivity index (χ0v) is 10.6. The Labute approximate surface area is 95.7 Å². The average molecular weight is 225 g/mol. The average Bonchev–Trinajstić information content (AvgIpc) is 2.80. The number of hydrogen-bond acceptors (Lipinski definition) is 3. The van der Waals surface area contributed by atoms with E-state index in [0.29, 0.717) is 0 Å². The molecule has 0 amide bonds. The summed E-state index contributed by atoms with van der Waals surface area (Å²) in [6, 6.07) is 0. The first-order chi connectivity index (χ1) is 7.05. The third-order valence-corrected chi connectivity index (χ3v) is 3.45. The summed E-state index contributed by atoms with van der Waals surface area (Å²) in [4.78, 5) is 4.50. The number of thiazole rings is 1. The van der Waals surface area contributed by atoms with E-state index < -0.39 is 0 Å². The Bertz CT molecular complexity index is 323. The molecule has 1 saturated carbocycles. The Hall–Kier alpha value is -0.570.